The molecule has 1 aliphatic rings. The number of aryl methyl sites for hydroxylation is 2. The minimum Gasteiger partial charge on any atom is -0.290 e. The molecule has 2 aromatic heterocycles. The van der Waals surface area contributed by atoms with E-state index in [-0.39, 0.29) is 11.5 Å². The van der Waals surface area contributed by atoms with E-state index < -0.39 is 0 Å². The summed E-state index contributed by atoms with van der Waals surface area (Å²) < 4.78 is 1.74. The second-order valence-corrected chi connectivity index (χ2v) is 6.31. The van der Waals surface area contributed by atoms with Crippen LogP contribution < -0.4 is 11.0 Å². The Morgan fingerprint density at radius 2 is 2.00 bits per heavy atom. The van der Waals surface area contributed by atoms with E-state index in [1.807, 2.05) is 0 Å². The van der Waals surface area contributed by atoms with Crippen molar-refractivity contribution >= 4 is 17.0 Å². The fourth-order valence-electron chi connectivity index (χ4n) is 3.18. The van der Waals surface area contributed by atoms with Gasteiger partial charge in [0.15, 0.2) is 5.65 Å². The van der Waals surface area contributed by atoms with Crippen LogP contribution in [0.1, 0.15) is 35.4 Å². The topological polar surface area (TPSA) is 84.8 Å². The Bertz CT molecular complexity index is 961. The minimum absolute atomic E-state index is 0.234. The van der Waals surface area contributed by atoms with Crippen LogP contribution in [-0.4, -0.2) is 26.9 Å². The van der Waals surface area contributed by atoms with E-state index in [2.05, 4.69) is 46.5 Å². The summed E-state index contributed by atoms with van der Waals surface area (Å²) in [6.45, 7) is 4.16. The molecule has 24 heavy (non-hydrogen) atoms. The van der Waals surface area contributed by atoms with Gasteiger partial charge in [0.2, 0.25) is 5.95 Å². The first-order valence-corrected chi connectivity index (χ1v) is 7.97. The van der Waals surface area contributed by atoms with Crippen LogP contribution in [0.25, 0.3) is 16.7 Å². The molecule has 124 valence electrons. The molecule has 1 aromatic carbocycles. The summed E-state index contributed by atoms with van der Waals surface area (Å²) in [5, 5.41) is 4.93. The van der Waals surface area contributed by atoms with Crippen molar-refractivity contribution in [3.8, 4) is 5.69 Å². The molecule has 7 nitrogen and oxygen atoms in total. The van der Waals surface area contributed by atoms with Gasteiger partial charge in [-0.25, -0.2) is 10.2 Å². The van der Waals surface area contributed by atoms with Crippen LogP contribution in [0.5, 0.6) is 0 Å². The zero-order chi connectivity index (χ0) is 16.8. The van der Waals surface area contributed by atoms with E-state index in [9.17, 15) is 4.79 Å². The van der Waals surface area contributed by atoms with Gasteiger partial charge in [0.25, 0.3) is 5.56 Å². The number of hydrogen-bond donors (Lipinski definition) is 2. The molecule has 0 unspecified atom stereocenters. The van der Waals surface area contributed by atoms with Gasteiger partial charge in [-0.3, -0.25) is 14.6 Å². The van der Waals surface area contributed by atoms with Crippen molar-refractivity contribution in [2.45, 2.75) is 32.6 Å². The van der Waals surface area contributed by atoms with Crippen molar-refractivity contribution in [3.05, 3.63) is 45.4 Å². The average Bonchev–Trinajstić information content (AvgIpc) is 3.28. The van der Waals surface area contributed by atoms with Crippen LogP contribution in [0.4, 0.5) is 5.95 Å². The van der Waals surface area contributed by atoms with Crippen LogP contribution >= 0.6 is 0 Å². The van der Waals surface area contributed by atoms with Crippen LogP contribution in [0.2, 0.25) is 0 Å². The highest BCUT2D eigenvalue weighted by atomic mass is 16.6. The van der Waals surface area contributed by atoms with Crippen molar-refractivity contribution in [3.63, 3.8) is 0 Å². The van der Waals surface area contributed by atoms with Crippen molar-refractivity contribution in [2.75, 3.05) is 12.6 Å². The number of H-pyrrole nitrogens is 1. The van der Waals surface area contributed by atoms with Gasteiger partial charge in [0, 0.05) is 6.20 Å². The number of benzene rings is 1. The molecule has 0 amide bonds. The number of aromatic nitrogens is 4. The molecular formula is C17H19N5O2. The lowest BCUT2D eigenvalue weighted by atomic mass is 10.0. The number of hydrogen-bond acceptors (Lipinski definition) is 5. The third-order valence-electron chi connectivity index (χ3n) is 4.38. The van der Waals surface area contributed by atoms with E-state index >= 15 is 0 Å². The first kappa shape index (κ1) is 14.9. The van der Waals surface area contributed by atoms with Gasteiger partial charge in [-0.2, -0.15) is 4.98 Å². The molecular weight excluding hydrogens is 306 g/mol. The monoisotopic (exact) mass is 325 g/mol. The lowest BCUT2D eigenvalue weighted by molar-refractivity contribution is 0.267. The Labute approximate surface area is 138 Å². The van der Waals surface area contributed by atoms with E-state index in [4.69, 9.17) is 4.84 Å². The molecule has 2 heterocycles. The highest BCUT2D eigenvalue weighted by molar-refractivity contribution is 5.74. The SMILES string of the molecule is CONc1nc2nn(-c3c(C)cc(C4CC4)cc3C)cc2c(=O)[nH]1. The lowest BCUT2D eigenvalue weighted by Crippen LogP contribution is -2.11. The molecule has 0 radical (unpaired) electrons. The largest absolute Gasteiger partial charge is 0.290 e. The highest BCUT2D eigenvalue weighted by Crippen LogP contribution is 2.41. The third-order valence-corrected chi connectivity index (χ3v) is 4.38. The molecule has 1 fully saturated rings. The first-order chi connectivity index (χ1) is 11.6. The molecule has 0 bridgehead atoms. The lowest BCUT2D eigenvalue weighted by Gasteiger charge is -2.12. The van der Waals surface area contributed by atoms with Gasteiger partial charge in [-0.05, 0) is 49.3 Å². The quantitative estimate of drug-likeness (QED) is 0.720. The smallest absolute Gasteiger partial charge is 0.263 e. The number of fused-ring (bicyclic) bond motifs is 1. The van der Waals surface area contributed by atoms with Gasteiger partial charge in [-0.1, -0.05) is 12.1 Å². The van der Waals surface area contributed by atoms with E-state index in [1.165, 1.54) is 25.5 Å². The summed E-state index contributed by atoms with van der Waals surface area (Å²) >= 11 is 0. The Hall–Kier alpha value is -2.67. The van der Waals surface area contributed by atoms with Gasteiger partial charge >= 0.3 is 0 Å². The number of anilines is 1. The number of nitrogens with one attached hydrogen (secondary N) is 2. The van der Waals surface area contributed by atoms with E-state index in [0.29, 0.717) is 17.0 Å². The molecule has 0 saturated heterocycles. The molecule has 0 atom stereocenters. The molecule has 0 aliphatic heterocycles. The molecule has 1 aliphatic carbocycles. The predicted octanol–water partition coefficient (Wildman–Crippen LogP) is 2.58. The maximum atomic E-state index is 12.2. The zero-order valence-corrected chi connectivity index (χ0v) is 13.9. The number of aromatic amines is 1. The maximum Gasteiger partial charge on any atom is 0.263 e. The third kappa shape index (κ3) is 2.46. The predicted molar refractivity (Wildman–Crippen MR) is 91.6 cm³/mol. The number of nitrogens with zero attached hydrogens (tertiary/aromatic N) is 3. The summed E-state index contributed by atoms with van der Waals surface area (Å²) in [5.41, 5.74) is 7.34. The van der Waals surface area contributed by atoms with Crippen LogP contribution in [0, 0.1) is 13.8 Å². The van der Waals surface area contributed by atoms with E-state index in [1.54, 1.807) is 10.9 Å². The van der Waals surface area contributed by atoms with Crippen LogP contribution in [0.3, 0.4) is 0 Å². The summed E-state index contributed by atoms with van der Waals surface area (Å²) in [6, 6.07) is 4.45. The van der Waals surface area contributed by atoms with Crippen molar-refractivity contribution in [2.24, 2.45) is 0 Å². The minimum atomic E-state index is -0.254. The Balaban J connectivity index is 1.84. The number of rotatable bonds is 4. The molecule has 7 heteroatoms. The second kappa shape index (κ2) is 5.45. The molecule has 0 spiro atoms. The normalized spacial score (nSPS) is 14.3. The fraction of sp³-hybridized carbons (Fsp3) is 0.353. The van der Waals surface area contributed by atoms with Gasteiger partial charge in [-0.15, -0.1) is 5.10 Å². The van der Waals surface area contributed by atoms with Crippen molar-refractivity contribution in [1.29, 1.82) is 0 Å². The second-order valence-electron chi connectivity index (χ2n) is 6.31. The van der Waals surface area contributed by atoms with Crippen molar-refractivity contribution in [1.82, 2.24) is 19.7 Å². The highest BCUT2D eigenvalue weighted by Gasteiger charge is 2.25. The molecule has 2 N–H and O–H groups in total. The van der Waals surface area contributed by atoms with Gasteiger partial charge in [0.05, 0.1) is 12.8 Å². The Morgan fingerprint density at radius 1 is 1.29 bits per heavy atom. The van der Waals surface area contributed by atoms with Gasteiger partial charge < -0.3 is 0 Å². The summed E-state index contributed by atoms with van der Waals surface area (Å²) in [4.78, 5) is 23.9. The summed E-state index contributed by atoms with van der Waals surface area (Å²) in [5.74, 6) is 0.943. The van der Waals surface area contributed by atoms with Crippen LogP contribution in [0.15, 0.2) is 23.1 Å². The zero-order valence-electron chi connectivity index (χ0n) is 13.9. The average molecular weight is 325 g/mol. The maximum absolute atomic E-state index is 12.2. The fourth-order valence-corrected chi connectivity index (χ4v) is 3.18. The Kier molecular flexibility index (Phi) is 3.38. The molecule has 4 rings (SSSR count). The van der Waals surface area contributed by atoms with Gasteiger partial charge in [0.1, 0.15) is 5.39 Å². The Morgan fingerprint density at radius 3 is 2.62 bits per heavy atom. The van der Waals surface area contributed by atoms with E-state index in [0.717, 1.165) is 16.8 Å². The summed E-state index contributed by atoms with van der Waals surface area (Å²) in [7, 11) is 1.46. The summed E-state index contributed by atoms with van der Waals surface area (Å²) in [6.07, 6.45) is 4.28. The van der Waals surface area contributed by atoms with Crippen LogP contribution in [-0.2, 0) is 4.84 Å². The molecule has 3 aromatic rings. The standard InChI is InChI=1S/C17H19N5O2/c1-9-6-12(11-4-5-11)7-10(2)14(9)22-8-13-15(20-22)18-17(21-24-3)19-16(13)23/h6-8,11H,4-5H2,1-3H3,(H2,18,19,20,21,23). The first-order valence-electron chi connectivity index (χ1n) is 7.97. The molecule has 1 saturated carbocycles. The van der Waals surface area contributed by atoms with Crippen molar-refractivity contribution < 1.29 is 4.84 Å².